The van der Waals surface area contributed by atoms with Crippen LogP contribution in [0.25, 0.3) is 0 Å². The van der Waals surface area contributed by atoms with Gasteiger partial charge in [-0.3, -0.25) is 0 Å². The van der Waals surface area contributed by atoms with E-state index in [0.29, 0.717) is 0 Å². The molecule has 1 aliphatic rings. The quantitative estimate of drug-likeness (QED) is 0.587. The Hall–Kier alpha value is -0.860. The van der Waals surface area contributed by atoms with Gasteiger partial charge < -0.3 is 11.3 Å². The third-order valence-corrected chi connectivity index (χ3v) is 2.03. The summed E-state index contributed by atoms with van der Waals surface area (Å²) < 4.78 is 0. The average molecular weight is 151 g/mol. The van der Waals surface area contributed by atoms with Gasteiger partial charge in [-0.2, -0.15) is 0 Å². The average Bonchev–Trinajstić information content (AvgIpc) is 2.27. The first-order chi connectivity index (χ1) is 4.86. The number of aliphatic hydroxyl groups excluding tert-OH is 1. The molecule has 0 bridgehead atoms. The van der Waals surface area contributed by atoms with Crippen molar-refractivity contribution in [1.82, 2.24) is 6.15 Å². The van der Waals surface area contributed by atoms with Crippen LogP contribution in [-0.4, -0.2) is 11.2 Å². The Kier molecular flexibility index (Phi) is 2.27. The molecule has 1 aliphatic carbocycles. The van der Waals surface area contributed by atoms with Crippen molar-refractivity contribution < 1.29 is 5.11 Å². The Balaban J connectivity index is 0.000000605. The second-order valence-corrected chi connectivity index (χ2v) is 2.83. The van der Waals surface area contributed by atoms with Gasteiger partial charge in [0, 0.05) is 0 Å². The number of fused-ring (bicyclic) bond motifs is 1. The van der Waals surface area contributed by atoms with E-state index < -0.39 is 0 Å². The lowest BCUT2D eigenvalue weighted by molar-refractivity contribution is 0.187. The highest BCUT2D eigenvalue weighted by Gasteiger charge is 2.17. The maximum atomic E-state index is 9.25. The smallest absolute Gasteiger partial charge is 0.0621 e. The van der Waals surface area contributed by atoms with Crippen molar-refractivity contribution in [2.45, 2.75) is 18.9 Å². The third-order valence-electron chi connectivity index (χ3n) is 2.03. The lowest BCUT2D eigenvalue weighted by Gasteiger charge is -1.93. The first-order valence-electron chi connectivity index (χ1n) is 3.61. The summed E-state index contributed by atoms with van der Waals surface area (Å²) in [6.45, 7) is 0. The van der Waals surface area contributed by atoms with Crippen LogP contribution in [0.1, 0.15) is 11.1 Å². The van der Waals surface area contributed by atoms with Crippen molar-refractivity contribution in [2.75, 3.05) is 0 Å². The molecule has 0 fully saturated rings. The maximum absolute atomic E-state index is 9.25. The second-order valence-electron chi connectivity index (χ2n) is 2.83. The molecule has 0 spiro atoms. The molecule has 0 atom stereocenters. The van der Waals surface area contributed by atoms with Crippen LogP contribution in [-0.2, 0) is 12.8 Å². The number of hydrogen-bond acceptors (Lipinski definition) is 2. The van der Waals surface area contributed by atoms with Crippen molar-refractivity contribution in [3.8, 4) is 0 Å². The van der Waals surface area contributed by atoms with Crippen LogP contribution in [0.2, 0.25) is 0 Å². The van der Waals surface area contributed by atoms with Crippen LogP contribution in [0.5, 0.6) is 0 Å². The molecule has 2 rings (SSSR count). The number of benzene rings is 1. The molecule has 0 unspecified atom stereocenters. The van der Waals surface area contributed by atoms with E-state index in [-0.39, 0.29) is 12.3 Å². The van der Waals surface area contributed by atoms with Crippen LogP contribution in [0.4, 0.5) is 0 Å². The molecule has 0 saturated carbocycles. The van der Waals surface area contributed by atoms with E-state index in [0.717, 1.165) is 12.8 Å². The van der Waals surface area contributed by atoms with Gasteiger partial charge >= 0.3 is 0 Å². The second kappa shape index (κ2) is 3.03. The fourth-order valence-electron chi connectivity index (χ4n) is 1.54. The van der Waals surface area contributed by atoms with E-state index in [9.17, 15) is 5.11 Å². The summed E-state index contributed by atoms with van der Waals surface area (Å²) in [7, 11) is 0. The maximum Gasteiger partial charge on any atom is 0.0621 e. The molecule has 1 aromatic carbocycles. The number of hydrogen-bond donors (Lipinski definition) is 2. The SMILES string of the molecule is N.OC1Cc2ccccc2C1. The van der Waals surface area contributed by atoms with E-state index in [4.69, 9.17) is 0 Å². The van der Waals surface area contributed by atoms with Crippen LogP contribution < -0.4 is 6.15 Å². The molecular formula is C9H13NO. The molecule has 1 aromatic rings. The van der Waals surface area contributed by atoms with Gasteiger partial charge in [0.05, 0.1) is 6.10 Å². The van der Waals surface area contributed by atoms with Crippen LogP contribution in [0, 0.1) is 0 Å². The highest BCUT2D eigenvalue weighted by Crippen LogP contribution is 2.20. The predicted octanol–water partition coefficient (Wildman–Crippen LogP) is 1.31. The van der Waals surface area contributed by atoms with Gasteiger partial charge in [0.2, 0.25) is 0 Å². The van der Waals surface area contributed by atoms with Gasteiger partial charge in [-0.1, -0.05) is 24.3 Å². The fraction of sp³-hybridized carbons (Fsp3) is 0.333. The molecule has 0 heterocycles. The Bertz CT molecular complexity index is 222. The Morgan fingerprint density at radius 1 is 1.09 bits per heavy atom. The Morgan fingerprint density at radius 3 is 2.00 bits per heavy atom. The molecule has 60 valence electrons. The van der Waals surface area contributed by atoms with Crippen molar-refractivity contribution in [3.63, 3.8) is 0 Å². The minimum absolute atomic E-state index is 0. The highest BCUT2D eigenvalue weighted by molar-refractivity contribution is 5.32. The van der Waals surface area contributed by atoms with Gasteiger partial charge in [0.1, 0.15) is 0 Å². The number of rotatable bonds is 0. The number of aliphatic hydroxyl groups is 1. The standard InChI is InChI=1S/C9H10O.H3N/c10-9-5-7-3-1-2-4-8(7)6-9;/h1-4,9-10H,5-6H2;1H3. The zero-order valence-corrected chi connectivity index (χ0v) is 6.46. The van der Waals surface area contributed by atoms with Gasteiger partial charge in [0.25, 0.3) is 0 Å². The summed E-state index contributed by atoms with van der Waals surface area (Å²) in [5, 5.41) is 9.25. The minimum atomic E-state index is -0.127. The zero-order chi connectivity index (χ0) is 6.97. The summed E-state index contributed by atoms with van der Waals surface area (Å²) in [4.78, 5) is 0. The van der Waals surface area contributed by atoms with Crippen LogP contribution >= 0.6 is 0 Å². The van der Waals surface area contributed by atoms with Gasteiger partial charge in [-0.05, 0) is 24.0 Å². The van der Waals surface area contributed by atoms with Crippen LogP contribution in [0.15, 0.2) is 24.3 Å². The van der Waals surface area contributed by atoms with Crippen molar-refractivity contribution in [1.29, 1.82) is 0 Å². The molecule has 2 heteroatoms. The topological polar surface area (TPSA) is 55.2 Å². The van der Waals surface area contributed by atoms with Gasteiger partial charge in [-0.15, -0.1) is 0 Å². The monoisotopic (exact) mass is 151 g/mol. The largest absolute Gasteiger partial charge is 0.392 e. The fourth-order valence-corrected chi connectivity index (χ4v) is 1.54. The summed E-state index contributed by atoms with van der Waals surface area (Å²) in [5.41, 5.74) is 2.63. The molecule has 0 saturated heterocycles. The third kappa shape index (κ3) is 1.42. The molecule has 2 nitrogen and oxygen atoms in total. The summed E-state index contributed by atoms with van der Waals surface area (Å²) in [5.74, 6) is 0. The summed E-state index contributed by atoms with van der Waals surface area (Å²) in [6.07, 6.45) is 1.56. The molecule has 11 heavy (non-hydrogen) atoms. The van der Waals surface area contributed by atoms with Crippen molar-refractivity contribution in [2.24, 2.45) is 0 Å². The van der Waals surface area contributed by atoms with Crippen LogP contribution in [0.3, 0.4) is 0 Å². The van der Waals surface area contributed by atoms with E-state index in [2.05, 4.69) is 12.1 Å². The minimum Gasteiger partial charge on any atom is -0.392 e. The molecule has 0 aromatic heterocycles. The summed E-state index contributed by atoms with van der Waals surface area (Å²) in [6, 6.07) is 8.23. The lowest BCUT2D eigenvalue weighted by Crippen LogP contribution is -2.03. The highest BCUT2D eigenvalue weighted by atomic mass is 16.3. The predicted molar refractivity (Wildman–Crippen MR) is 44.9 cm³/mol. The first kappa shape index (κ1) is 8.24. The Morgan fingerprint density at radius 2 is 1.55 bits per heavy atom. The van der Waals surface area contributed by atoms with E-state index >= 15 is 0 Å². The van der Waals surface area contributed by atoms with Gasteiger partial charge in [0.15, 0.2) is 0 Å². The molecule has 4 N–H and O–H groups in total. The van der Waals surface area contributed by atoms with Crippen molar-refractivity contribution >= 4 is 0 Å². The molecule has 0 radical (unpaired) electrons. The molecule has 0 aliphatic heterocycles. The lowest BCUT2D eigenvalue weighted by atomic mass is 10.1. The molecule has 0 amide bonds. The van der Waals surface area contributed by atoms with E-state index in [1.54, 1.807) is 0 Å². The zero-order valence-electron chi connectivity index (χ0n) is 6.46. The van der Waals surface area contributed by atoms with E-state index in [1.807, 2.05) is 12.1 Å². The molecular weight excluding hydrogens is 138 g/mol. The van der Waals surface area contributed by atoms with E-state index in [1.165, 1.54) is 11.1 Å². The summed E-state index contributed by atoms with van der Waals surface area (Å²) >= 11 is 0. The normalized spacial score (nSPS) is 15.7. The Labute approximate surface area is 66.5 Å². The first-order valence-corrected chi connectivity index (χ1v) is 3.61. The van der Waals surface area contributed by atoms with Gasteiger partial charge in [-0.25, -0.2) is 0 Å². The van der Waals surface area contributed by atoms with Crippen molar-refractivity contribution in [3.05, 3.63) is 35.4 Å².